The average Bonchev–Trinajstić information content (AvgIpc) is 2.94. The quantitative estimate of drug-likeness (QED) is 0.759. The Labute approximate surface area is 156 Å². The third-order valence-electron chi connectivity index (χ3n) is 5.34. The van der Waals surface area contributed by atoms with E-state index in [1.807, 2.05) is 48.0 Å². The zero-order valence-electron chi connectivity index (χ0n) is 16.3. The van der Waals surface area contributed by atoms with Crippen molar-refractivity contribution in [2.75, 3.05) is 6.54 Å². The number of likely N-dealkylation sites (tertiary alicyclic amines) is 1. The Hall–Kier alpha value is -2.36. The number of amides is 1. The van der Waals surface area contributed by atoms with Gasteiger partial charge in [-0.15, -0.1) is 0 Å². The van der Waals surface area contributed by atoms with Crippen LogP contribution in [0.2, 0.25) is 0 Å². The van der Waals surface area contributed by atoms with Crippen molar-refractivity contribution in [1.82, 2.24) is 14.7 Å². The highest BCUT2D eigenvalue weighted by atomic mass is 16.2. The fourth-order valence-electron chi connectivity index (χ4n) is 3.89. The van der Waals surface area contributed by atoms with Gasteiger partial charge in [-0.25, -0.2) is 4.68 Å². The molecule has 1 amide bonds. The third kappa shape index (κ3) is 3.74. The number of para-hydroxylation sites is 1. The van der Waals surface area contributed by atoms with Gasteiger partial charge in [-0.1, -0.05) is 32.0 Å². The summed E-state index contributed by atoms with van der Waals surface area (Å²) in [5.74, 6) is 0.617. The van der Waals surface area contributed by atoms with Gasteiger partial charge in [0.05, 0.1) is 11.4 Å². The molecule has 1 aromatic heterocycles. The van der Waals surface area contributed by atoms with Crippen LogP contribution in [0.5, 0.6) is 0 Å². The van der Waals surface area contributed by atoms with Crippen LogP contribution >= 0.6 is 0 Å². The topological polar surface area (TPSA) is 38.1 Å². The summed E-state index contributed by atoms with van der Waals surface area (Å²) < 4.78 is 1.94. The fourth-order valence-corrected chi connectivity index (χ4v) is 3.89. The van der Waals surface area contributed by atoms with Crippen molar-refractivity contribution in [3.63, 3.8) is 0 Å². The highest BCUT2D eigenvalue weighted by Gasteiger charge is 2.27. The van der Waals surface area contributed by atoms with Crippen molar-refractivity contribution in [1.29, 1.82) is 0 Å². The first kappa shape index (κ1) is 18.4. The number of piperidine rings is 1. The van der Waals surface area contributed by atoms with Crippen LogP contribution in [0.4, 0.5) is 0 Å². The van der Waals surface area contributed by atoms with Crippen molar-refractivity contribution >= 4 is 12.0 Å². The maximum Gasteiger partial charge on any atom is 0.246 e. The van der Waals surface area contributed by atoms with E-state index in [0.717, 1.165) is 42.0 Å². The number of aryl methyl sites for hydroxylation is 1. The molecule has 1 aromatic carbocycles. The Kier molecular flexibility index (Phi) is 5.60. The summed E-state index contributed by atoms with van der Waals surface area (Å²) in [5, 5.41) is 4.65. The molecule has 1 unspecified atom stereocenters. The molecule has 0 N–H and O–H groups in total. The Morgan fingerprint density at radius 2 is 1.92 bits per heavy atom. The van der Waals surface area contributed by atoms with Gasteiger partial charge in [0.2, 0.25) is 5.91 Å². The van der Waals surface area contributed by atoms with E-state index in [1.165, 1.54) is 6.42 Å². The zero-order chi connectivity index (χ0) is 18.7. The minimum Gasteiger partial charge on any atom is -0.336 e. The van der Waals surface area contributed by atoms with Crippen LogP contribution in [0, 0.1) is 19.8 Å². The van der Waals surface area contributed by atoms with Gasteiger partial charge in [-0.2, -0.15) is 5.10 Å². The summed E-state index contributed by atoms with van der Waals surface area (Å²) in [5.41, 5.74) is 4.06. The second kappa shape index (κ2) is 7.90. The molecule has 0 bridgehead atoms. The minimum atomic E-state index is 0.120. The van der Waals surface area contributed by atoms with Gasteiger partial charge in [0, 0.05) is 29.9 Å². The summed E-state index contributed by atoms with van der Waals surface area (Å²) >= 11 is 0. The van der Waals surface area contributed by atoms with Crippen LogP contribution in [0.15, 0.2) is 36.4 Å². The summed E-state index contributed by atoms with van der Waals surface area (Å²) in [6.45, 7) is 9.33. The van der Waals surface area contributed by atoms with Crippen molar-refractivity contribution in [2.24, 2.45) is 5.92 Å². The molecule has 0 aliphatic carbocycles. The molecule has 3 rings (SSSR count). The van der Waals surface area contributed by atoms with Crippen molar-refractivity contribution in [3.05, 3.63) is 53.4 Å². The SMILES string of the molecule is Cc1nn(-c2ccccc2)c(C)c1C=CC(=O)N1CCCCC1C(C)C. The number of benzene rings is 1. The maximum absolute atomic E-state index is 12.8. The van der Waals surface area contributed by atoms with E-state index in [2.05, 4.69) is 30.8 Å². The molecule has 4 heteroatoms. The first-order chi connectivity index (χ1) is 12.5. The molecule has 0 spiro atoms. The lowest BCUT2D eigenvalue weighted by atomic mass is 9.92. The predicted molar refractivity (Wildman–Crippen MR) is 106 cm³/mol. The minimum absolute atomic E-state index is 0.120. The van der Waals surface area contributed by atoms with Gasteiger partial charge in [-0.3, -0.25) is 4.79 Å². The van der Waals surface area contributed by atoms with Crippen LogP contribution < -0.4 is 0 Å². The standard InChI is InChI=1S/C22H29N3O/c1-16(2)21-12-8-9-15-24(21)22(26)14-13-20-17(3)23-25(18(20)4)19-10-6-5-7-11-19/h5-7,10-11,13-14,16,21H,8-9,12,15H2,1-4H3. The van der Waals surface area contributed by atoms with Crippen LogP contribution in [0.1, 0.15) is 50.1 Å². The molecule has 0 radical (unpaired) electrons. The number of hydrogen-bond acceptors (Lipinski definition) is 2. The van der Waals surface area contributed by atoms with Crippen molar-refractivity contribution in [2.45, 2.75) is 53.0 Å². The Bertz CT molecular complexity index is 789. The smallest absolute Gasteiger partial charge is 0.246 e. The highest BCUT2D eigenvalue weighted by Crippen LogP contribution is 2.24. The van der Waals surface area contributed by atoms with Gasteiger partial charge >= 0.3 is 0 Å². The van der Waals surface area contributed by atoms with Gasteiger partial charge in [0.25, 0.3) is 0 Å². The molecular weight excluding hydrogens is 322 g/mol. The molecule has 1 atom stereocenters. The monoisotopic (exact) mass is 351 g/mol. The summed E-state index contributed by atoms with van der Waals surface area (Å²) in [7, 11) is 0. The molecular formula is C22H29N3O. The number of nitrogens with zero attached hydrogens (tertiary/aromatic N) is 3. The fraction of sp³-hybridized carbons (Fsp3) is 0.455. The highest BCUT2D eigenvalue weighted by molar-refractivity contribution is 5.92. The lowest BCUT2D eigenvalue weighted by Gasteiger charge is -2.37. The molecule has 138 valence electrons. The van der Waals surface area contributed by atoms with Gasteiger partial charge in [0.1, 0.15) is 0 Å². The number of hydrogen-bond donors (Lipinski definition) is 0. The largest absolute Gasteiger partial charge is 0.336 e. The molecule has 1 saturated heterocycles. The summed E-state index contributed by atoms with van der Waals surface area (Å²) in [4.78, 5) is 14.9. The van der Waals surface area contributed by atoms with E-state index in [4.69, 9.17) is 0 Å². The van der Waals surface area contributed by atoms with Gasteiger partial charge in [-0.05, 0) is 57.2 Å². The van der Waals surface area contributed by atoms with Crippen LogP contribution in [-0.2, 0) is 4.79 Å². The second-order valence-electron chi connectivity index (χ2n) is 7.50. The molecule has 0 saturated carbocycles. The maximum atomic E-state index is 12.8. The molecule has 1 aliphatic heterocycles. The normalized spacial score (nSPS) is 18.0. The molecule has 2 heterocycles. The molecule has 2 aromatic rings. The molecule has 4 nitrogen and oxygen atoms in total. The zero-order valence-corrected chi connectivity index (χ0v) is 16.3. The summed E-state index contributed by atoms with van der Waals surface area (Å²) in [6, 6.07) is 10.5. The van der Waals surface area contributed by atoms with Gasteiger partial charge in [0.15, 0.2) is 0 Å². The van der Waals surface area contributed by atoms with Crippen LogP contribution in [0.25, 0.3) is 11.8 Å². The molecule has 1 aliphatic rings. The Morgan fingerprint density at radius 3 is 2.62 bits per heavy atom. The van der Waals surface area contributed by atoms with Crippen LogP contribution in [0.3, 0.4) is 0 Å². The third-order valence-corrected chi connectivity index (χ3v) is 5.34. The van der Waals surface area contributed by atoms with E-state index < -0.39 is 0 Å². The lowest BCUT2D eigenvalue weighted by Crippen LogP contribution is -2.45. The number of rotatable bonds is 4. The first-order valence-electron chi connectivity index (χ1n) is 9.59. The van der Waals surface area contributed by atoms with E-state index in [9.17, 15) is 4.79 Å². The van der Waals surface area contributed by atoms with E-state index in [1.54, 1.807) is 6.08 Å². The van der Waals surface area contributed by atoms with Crippen molar-refractivity contribution < 1.29 is 4.79 Å². The number of aromatic nitrogens is 2. The van der Waals surface area contributed by atoms with Crippen molar-refractivity contribution in [3.8, 4) is 5.69 Å². The first-order valence-corrected chi connectivity index (χ1v) is 9.59. The Morgan fingerprint density at radius 1 is 1.19 bits per heavy atom. The molecule has 1 fully saturated rings. The summed E-state index contributed by atoms with van der Waals surface area (Å²) in [6.07, 6.45) is 7.10. The van der Waals surface area contributed by atoms with Gasteiger partial charge < -0.3 is 4.90 Å². The Balaban J connectivity index is 1.82. The number of carbonyl (C=O) groups is 1. The second-order valence-corrected chi connectivity index (χ2v) is 7.50. The average molecular weight is 351 g/mol. The lowest BCUT2D eigenvalue weighted by molar-refractivity contribution is -0.130. The number of carbonyl (C=O) groups excluding carboxylic acids is 1. The van der Waals surface area contributed by atoms with Crippen LogP contribution in [-0.4, -0.2) is 33.2 Å². The molecule has 26 heavy (non-hydrogen) atoms. The predicted octanol–water partition coefficient (Wildman–Crippen LogP) is 4.54. The van der Waals surface area contributed by atoms with E-state index in [-0.39, 0.29) is 5.91 Å². The van der Waals surface area contributed by atoms with E-state index >= 15 is 0 Å². The van der Waals surface area contributed by atoms with E-state index in [0.29, 0.717) is 12.0 Å².